The van der Waals surface area contributed by atoms with E-state index in [1.54, 1.807) is 0 Å². The first-order valence-electron chi connectivity index (χ1n) is 6.04. The SMILES string of the molecule is NC(=O)c1cc(N)cnc1NC1CCCC1CO. The van der Waals surface area contributed by atoms with Gasteiger partial charge in [-0.25, -0.2) is 4.98 Å². The van der Waals surface area contributed by atoms with Gasteiger partial charge in [0.2, 0.25) is 0 Å². The first kappa shape index (κ1) is 12.6. The maximum absolute atomic E-state index is 11.3. The third-order valence-corrected chi connectivity index (χ3v) is 3.39. The molecule has 18 heavy (non-hydrogen) atoms. The Morgan fingerprint density at radius 1 is 1.56 bits per heavy atom. The van der Waals surface area contributed by atoms with Gasteiger partial charge in [0.1, 0.15) is 5.82 Å². The van der Waals surface area contributed by atoms with Gasteiger partial charge in [0.05, 0.1) is 17.4 Å². The molecule has 2 atom stereocenters. The van der Waals surface area contributed by atoms with Gasteiger partial charge in [0.25, 0.3) is 5.91 Å². The van der Waals surface area contributed by atoms with Crippen molar-refractivity contribution < 1.29 is 9.90 Å². The summed E-state index contributed by atoms with van der Waals surface area (Å²) in [6.07, 6.45) is 4.48. The van der Waals surface area contributed by atoms with Crippen molar-refractivity contribution in [1.82, 2.24) is 4.98 Å². The van der Waals surface area contributed by atoms with Crippen molar-refractivity contribution in [1.29, 1.82) is 0 Å². The zero-order valence-electron chi connectivity index (χ0n) is 10.1. The van der Waals surface area contributed by atoms with Crippen molar-refractivity contribution in [3.8, 4) is 0 Å². The maximum atomic E-state index is 11.3. The summed E-state index contributed by atoms with van der Waals surface area (Å²) in [5.41, 5.74) is 11.6. The van der Waals surface area contributed by atoms with E-state index in [1.807, 2.05) is 0 Å². The predicted octanol–water partition coefficient (Wildman–Crippen LogP) is 0.336. The molecule has 1 aromatic rings. The van der Waals surface area contributed by atoms with Crippen LogP contribution in [0.4, 0.5) is 11.5 Å². The lowest BCUT2D eigenvalue weighted by molar-refractivity contribution is 0.100. The van der Waals surface area contributed by atoms with Gasteiger partial charge >= 0.3 is 0 Å². The first-order valence-corrected chi connectivity index (χ1v) is 6.04. The van der Waals surface area contributed by atoms with Crippen LogP contribution in [0, 0.1) is 5.92 Å². The monoisotopic (exact) mass is 250 g/mol. The molecule has 2 rings (SSSR count). The molecule has 6 nitrogen and oxygen atoms in total. The quantitative estimate of drug-likeness (QED) is 0.615. The van der Waals surface area contributed by atoms with Crippen LogP contribution >= 0.6 is 0 Å². The van der Waals surface area contributed by atoms with Crippen LogP contribution < -0.4 is 16.8 Å². The van der Waals surface area contributed by atoms with E-state index in [0.29, 0.717) is 17.1 Å². The Balaban J connectivity index is 2.20. The van der Waals surface area contributed by atoms with E-state index in [9.17, 15) is 9.90 Å². The van der Waals surface area contributed by atoms with Gasteiger partial charge in [0.15, 0.2) is 0 Å². The summed E-state index contributed by atoms with van der Waals surface area (Å²) in [5, 5.41) is 12.5. The molecule has 1 saturated carbocycles. The van der Waals surface area contributed by atoms with Crippen molar-refractivity contribution >= 4 is 17.4 Å². The number of aromatic nitrogens is 1. The largest absolute Gasteiger partial charge is 0.397 e. The summed E-state index contributed by atoms with van der Waals surface area (Å²) in [6.45, 7) is 0.137. The Morgan fingerprint density at radius 2 is 2.33 bits per heavy atom. The topological polar surface area (TPSA) is 114 Å². The molecule has 6 heteroatoms. The number of hydrogen-bond acceptors (Lipinski definition) is 5. The number of aliphatic hydroxyl groups excluding tert-OH is 1. The number of nitrogen functional groups attached to an aromatic ring is 1. The first-order chi connectivity index (χ1) is 8.61. The number of carbonyl (C=O) groups excluding carboxylic acids is 1. The minimum atomic E-state index is -0.559. The highest BCUT2D eigenvalue weighted by Gasteiger charge is 2.27. The minimum absolute atomic E-state index is 0.129. The maximum Gasteiger partial charge on any atom is 0.252 e. The predicted molar refractivity (Wildman–Crippen MR) is 69.0 cm³/mol. The second-order valence-electron chi connectivity index (χ2n) is 4.65. The molecule has 1 amide bonds. The lowest BCUT2D eigenvalue weighted by Gasteiger charge is -2.20. The van der Waals surface area contributed by atoms with Crippen LogP contribution in [0.5, 0.6) is 0 Å². The fraction of sp³-hybridized carbons (Fsp3) is 0.500. The van der Waals surface area contributed by atoms with Gasteiger partial charge < -0.3 is 21.9 Å². The standard InChI is InChI=1S/C12H18N4O2/c13-8-4-9(11(14)18)12(15-5-8)16-10-3-1-2-7(10)6-17/h4-5,7,10,17H,1-3,6,13H2,(H2,14,18)(H,15,16). The van der Waals surface area contributed by atoms with Crippen LogP contribution in [0.25, 0.3) is 0 Å². The normalized spacial score (nSPS) is 22.9. The number of pyridine rings is 1. The molecule has 1 fully saturated rings. The second-order valence-corrected chi connectivity index (χ2v) is 4.65. The average Bonchev–Trinajstić information content (AvgIpc) is 2.78. The Morgan fingerprint density at radius 3 is 3.00 bits per heavy atom. The van der Waals surface area contributed by atoms with E-state index in [-0.39, 0.29) is 18.6 Å². The van der Waals surface area contributed by atoms with Crippen LogP contribution in [-0.4, -0.2) is 28.6 Å². The third-order valence-electron chi connectivity index (χ3n) is 3.39. The molecule has 6 N–H and O–H groups in total. The summed E-state index contributed by atoms with van der Waals surface area (Å²) in [7, 11) is 0. The van der Waals surface area contributed by atoms with E-state index in [1.165, 1.54) is 12.3 Å². The second kappa shape index (κ2) is 5.22. The Hall–Kier alpha value is -1.82. The summed E-state index contributed by atoms with van der Waals surface area (Å²) in [6, 6.07) is 1.64. The van der Waals surface area contributed by atoms with Crippen LogP contribution in [0.15, 0.2) is 12.3 Å². The summed E-state index contributed by atoms with van der Waals surface area (Å²) in [4.78, 5) is 15.4. The van der Waals surface area contributed by atoms with Gasteiger partial charge in [-0.2, -0.15) is 0 Å². The molecule has 1 aliphatic carbocycles. The summed E-state index contributed by atoms with van der Waals surface area (Å²) in [5.74, 6) is 0.0861. The third kappa shape index (κ3) is 2.53. The van der Waals surface area contributed by atoms with Gasteiger partial charge in [-0.05, 0) is 18.9 Å². The fourth-order valence-corrected chi connectivity index (χ4v) is 2.40. The number of nitrogens with one attached hydrogen (secondary N) is 1. The van der Waals surface area contributed by atoms with Crippen LogP contribution in [0.2, 0.25) is 0 Å². The molecule has 1 aromatic heterocycles. The van der Waals surface area contributed by atoms with E-state index >= 15 is 0 Å². The molecule has 2 unspecified atom stereocenters. The van der Waals surface area contributed by atoms with Crippen LogP contribution in [0.3, 0.4) is 0 Å². The highest BCUT2D eigenvalue weighted by molar-refractivity contribution is 5.98. The van der Waals surface area contributed by atoms with Crippen molar-refractivity contribution in [2.24, 2.45) is 11.7 Å². The lowest BCUT2D eigenvalue weighted by Crippen LogP contribution is -2.28. The highest BCUT2D eigenvalue weighted by atomic mass is 16.3. The van der Waals surface area contributed by atoms with Crippen molar-refractivity contribution in [2.75, 3.05) is 17.7 Å². The minimum Gasteiger partial charge on any atom is -0.397 e. The summed E-state index contributed by atoms with van der Waals surface area (Å²) >= 11 is 0. The number of amides is 1. The fourth-order valence-electron chi connectivity index (χ4n) is 2.40. The Kier molecular flexibility index (Phi) is 3.66. The van der Waals surface area contributed by atoms with Gasteiger partial charge in [0, 0.05) is 18.6 Å². The number of aliphatic hydroxyl groups is 1. The summed E-state index contributed by atoms with van der Waals surface area (Å²) < 4.78 is 0. The zero-order chi connectivity index (χ0) is 13.1. The molecular formula is C12H18N4O2. The highest BCUT2D eigenvalue weighted by Crippen LogP contribution is 2.28. The van der Waals surface area contributed by atoms with Crippen molar-refractivity contribution in [2.45, 2.75) is 25.3 Å². The molecule has 0 saturated heterocycles. The number of anilines is 2. The zero-order valence-corrected chi connectivity index (χ0v) is 10.1. The Bertz CT molecular complexity index is 450. The molecule has 0 aromatic carbocycles. The van der Waals surface area contributed by atoms with Crippen molar-refractivity contribution in [3.63, 3.8) is 0 Å². The molecule has 1 aliphatic rings. The number of hydrogen-bond donors (Lipinski definition) is 4. The number of rotatable bonds is 4. The van der Waals surface area contributed by atoms with Crippen LogP contribution in [0.1, 0.15) is 29.6 Å². The molecule has 0 radical (unpaired) electrons. The smallest absolute Gasteiger partial charge is 0.252 e. The molecular weight excluding hydrogens is 232 g/mol. The van der Waals surface area contributed by atoms with Gasteiger partial charge in [-0.3, -0.25) is 4.79 Å². The number of primary amides is 1. The number of nitrogens with two attached hydrogens (primary N) is 2. The number of carbonyl (C=O) groups is 1. The van der Waals surface area contributed by atoms with E-state index in [0.717, 1.165) is 19.3 Å². The molecule has 98 valence electrons. The van der Waals surface area contributed by atoms with Crippen molar-refractivity contribution in [3.05, 3.63) is 17.8 Å². The molecule has 1 heterocycles. The Labute approximate surface area is 105 Å². The van der Waals surface area contributed by atoms with E-state index in [4.69, 9.17) is 11.5 Å². The molecule has 0 spiro atoms. The van der Waals surface area contributed by atoms with Gasteiger partial charge in [-0.1, -0.05) is 6.42 Å². The van der Waals surface area contributed by atoms with E-state index < -0.39 is 5.91 Å². The average molecular weight is 250 g/mol. The number of nitrogens with zero attached hydrogens (tertiary/aromatic N) is 1. The van der Waals surface area contributed by atoms with E-state index in [2.05, 4.69) is 10.3 Å². The molecule has 0 bridgehead atoms. The lowest BCUT2D eigenvalue weighted by atomic mass is 10.0. The van der Waals surface area contributed by atoms with Gasteiger partial charge in [-0.15, -0.1) is 0 Å². The van der Waals surface area contributed by atoms with Crippen LogP contribution in [-0.2, 0) is 0 Å². The molecule has 0 aliphatic heterocycles.